The number of hydrogen-bond acceptors (Lipinski definition) is 5. The number of nitrogens with zero attached hydrogens (tertiary/aromatic N) is 2. The van der Waals surface area contributed by atoms with Crippen molar-refractivity contribution in [1.82, 2.24) is 10.2 Å². The molecule has 1 aromatic carbocycles. The normalized spacial score (nSPS) is 16.3. The molecular weight excluding hydrogens is 499 g/mol. The van der Waals surface area contributed by atoms with Gasteiger partial charge >= 0.3 is 0 Å². The van der Waals surface area contributed by atoms with E-state index in [9.17, 15) is 27.2 Å². The van der Waals surface area contributed by atoms with E-state index >= 15 is 0 Å². The summed E-state index contributed by atoms with van der Waals surface area (Å²) in [6, 6.07) is 3.42. The number of benzene rings is 1. The molecule has 1 aromatic rings. The minimum atomic E-state index is -3.28. The molecule has 202 valence electrons. The summed E-state index contributed by atoms with van der Waals surface area (Å²) in [5, 5.41) is 9.60. The van der Waals surface area contributed by atoms with E-state index in [1.54, 1.807) is 6.92 Å². The van der Waals surface area contributed by atoms with E-state index in [-0.39, 0.29) is 30.8 Å². The Morgan fingerprint density at radius 2 is 1.81 bits per heavy atom. The molecule has 0 spiro atoms. The van der Waals surface area contributed by atoms with Crippen LogP contribution in [0.2, 0.25) is 0 Å². The number of hydrogen-bond donors (Lipinski definition) is 3. The number of aliphatic imine (C=N–C) groups is 1. The van der Waals surface area contributed by atoms with Gasteiger partial charge < -0.3 is 16.2 Å². The average molecular weight is 535 g/mol. The molecule has 2 rings (SSSR count). The molecule has 4 N–H and O–H groups in total. The lowest BCUT2D eigenvalue weighted by Gasteiger charge is -2.32. The van der Waals surface area contributed by atoms with Gasteiger partial charge in [0.2, 0.25) is 11.8 Å². The number of amidine groups is 1. The fourth-order valence-corrected chi connectivity index (χ4v) is 4.05. The highest BCUT2D eigenvalue weighted by atomic mass is 31.0. The number of nitrogens with two attached hydrogens (primary N) is 1. The Morgan fingerprint density at radius 1 is 1.22 bits per heavy atom. The van der Waals surface area contributed by atoms with Crippen molar-refractivity contribution in [3.05, 3.63) is 46.5 Å². The molecule has 0 radical (unpaired) electrons. The third-order valence-electron chi connectivity index (χ3n) is 5.54. The maximum atomic E-state index is 14.2. The first-order valence-electron chi connectivity index (χ1n) is 11.3. The highest BCUT2D eigenvalue weighted by molar-refractivity contribution is 7.17. The van der Waals surface area contributed by atoms with Crippen LogP contribution >= 0.6 is 9.24 Å². The molecule has 1 aliphatic rings. The van der Waals surface area contributed by atoms with Crippen molar-refractivity contribution >= 4 is 26.9 Å². The minimum absolute atomic E-state index is 0.161. The number of rotatable bonds is 8. The molecule has 1 atom stereocenters. The molecule has 7 nitrogen and oxygen atoms in total. The Balaban J connectivity index is 0.00000316. The standard InChI is InChI=1S/C23H31F4N4O2P.CH4O/c1-14(21(30-15(2)32)29-12-20(28)33)10-16-6-8-31(9-7-16)13-17-4-5-18(23(26,27)34)11-19(17)22(3,24)25;1-2/h4-5,10-11,16H,6-9,12-13,34H2,1-3H3,(H2,28,33)(H,29,30,32);2H,1H3/b14-10+;. The highest BCUT2D eigenvalue weighted by Crippen LogP contribution is 2.39. The topological polar surface area (TPSA) is 108 Å². The lowest BCUT2D eigenvalue weighted by molar-refractivity contribution is -0.118. The third kappa shape index (κ3) is 10.3. The highest BCUT2D eigenvalue weighted by Gasteiger charge is 2.33. The Labute approximate surface area is 211 Å². The molecule has 0 aliphatic carbocycles. The lowest BCUT2D eigenvalue weighted by Crippen LogP contribution is -2.34. The number of aliphatic hydroxyl groups excluding tert-OH is 1. The van der Waals surface area contributed by atoms with Gasteiger partial charge in [0.15, 0.2) is 0 Å². The van der Waals surface area contributed by atoms with E-state index in [0.717, 1.165) is 26.0 Å². The second-order valence-electron chi connectivity index (χ2n) is 8.66. The molecule has 12 heteroatoms. The monoisotopic (exact) mass is 534 g/mol. The number of carbonyl (C=O) groups excluding carboxylic acids is 2. The van der Waals surface area contributed by atoms with E-state index in [1.165, 1.54) is 28.3 Å². The molecule has 1 aliphatic heterocycles. The molecule has 0 bridgehead atoms. The van der Waals surface area contributed by atoms with E-state index in [1.807, 2.05) is 11.0 Å². The number of carbonyl (C=O) groups is 2. The molecule has 36 heavy (non-hydrogen) atoms. The summed E-state index contributed by atoms with van der Waals surface area (Å²) in [6.07, 6.45) is 3.44. The number of nitrogens with one attached hydrogen (secondary N) is 1. The van der Waals surface area contributed by atoms with Crippen molar-refractivity contribution in [3.63, 3.8) is 0 Å². The van der Waals surface area contributed by atoms with Crippen molar-refractivity contribution in [2.75, 3.05) is 26.7 Å². The quantitative estimate of drug-likeness (QED) is 0.205. The van der Waals surface area contributed by atoms with Crippen LogP contribution < -0.4 is 11.1 Å². The number of primary amides is 1. The van der Waals surface area contributed by atoms with Gasteiger partial charge in [-0.05, 0) is 56.0 Å². The van der Waals surface area contributed by atoms with Crippen molar-refractivity contribution in [2.24, 2.45) is 16.6 Å². The molecule has 0 saturated carbocycles. The van der Waals surface area contributed by atoms with Crippen LogP contribution in [0.15, 0.2) is 34.8 Å². The Morgan fingerprint density at radius 3 is 2.28 bits per heavy atom. The van der Waals surface area contributed by atoms with Crippen LogP contribution in [0.5, 0.6) is 0 Å². The number of amides is 2. The van der Waals surface area contributed by atoms with Crippen LogP contribution in [-0.2, 0) is 27.7 Å². The van der Waals surface area contributed by atoms with Gasteiger partial charge in [-0.25, -0.2) is 8.78 Å². The predicted molar refractivity (Wildman–Crippen MR) is 135 cm³/mol. The summed E-state index contributed by atoms with van der Waals surface area (Å²) in [5.74, 6) is -3.73. The zero-order valence-corrected chi connectivity index (χ0v) is 22.1. The molecule has 1 unspecified atom stereocenters. The van der Waals surface area contributed by atoms with Crippen molar-refractivity contribution < 1.29 is 32.3 Å². The molecular formula is C24H35F4N4O3P. The second-order valence-corrected chi connectivity index (χ2v) is 9.38. The first kappa shape index (κ1) is 31.7. The summed E-state index contributed by atoms with van der Waals surface area (Å²) < 4.78 is 55.6. The maximum Gasteiger partial charge on any atom is 0.283 e. The smallest absolute Gasteiger partial charge is 0.283 e. The van der Waals surface area contributed by atoms with Gasteiger partial charge in [0.25, 0.3) is 11.6 Å². The minimum Gasteiger partial charge on any atom is -0.400 e. The Bertz CT molecular complexity index is 967. The van der Waals surface area contributed by atoms with Gasteiger partial charge in [-0.2, -0.15) is 8.78 Å². The SMILES string of the molecule is CC(=O)NC(=NCC(N)=O)/C(C)=C/C1CCN(Cc2ccc(C(F)(F)P)cc2C(C)(F)F)CC1.CO. The van der Waals surface area contributed by atoms with Gasteiger partial charge in [0.05, 0.1) is 0 Å². The summed E-state index contributed by atoms with van der Waals surface area (Å²) in [4.78, 5) is 28.6. The third-order valence-corrected chi connectivity index (χ3v) is 5.87. The van der Waals surface area contributed by atoms with E-state index in [2.05, 4.69) is 10.3 Å². The van der Waals surface area contributed by atoms with Gasteiger partial charge in [-0.1, -0.05) is 27.4 Å². The van der Waals surface area contributed by atoms with E-state index in [4.69, 9.17) is 10.8 Å². The summed E-state index contributed by atoms with van der Waals surface area (Å²) in [7, 11) is 2.37. The summed E-state index contributed by atoms with van der Waals surface area (Å²) in [5.41, 5.74) is 2.02. The molecule has 2 amide bonds. The van der Waals surface area contributed by atoms with Crippen LogP contribution in [0.3, 0.4) is 0 Å². The largest absolute Gasteiger partial charge is 0.400 e. The number of allylic oxidation sites excluding steroid dienone is 1. The fourth-order valence-electron chi connectivity index (χ4n) is 3.87. The van der Waals surface area contributed by atoms with Crippen LogP contribution in [0, 0.1) is 5.92 Å². The lowest BCUT2D eigenvalue weighted by atomic mass is 9.93. The van der Waals surface area contributed by atoms with Crippen molar-refractivity contribution in [2.45, 2.75) is 51.7 Å². The van der Waals surface area contributed by atoms with Crippen LogP contribution in [0.4, 0.5) is 17.6 Å². The number of piperidine rings is 1. The Kier molecular flexibility index (Phi) is 12.2. The molecule has 0 aromatic heterocycles. The summed E-state index contributed by atoms with van der Waals surface area (Å²) >= 11 is 0. The molecule has 1 saturated heterocycles. The first-order valence-corrected chi connectivity index (χ1v) is 11.9. The maximum absolute atomic E-state index is 14.2. The zero-order chi connectivity index (χ0) is 27.7. The number of likely N-dealkylation sites (tertiary alicyclic amines) is 1. The summed E-state index contributed by atoms with van der Waals surface area (Å²) in [6.45, 7) is 5.06. The molecule has 1 fully saturated rings. The molecule has 1 heterocycles. The van der Waals surface area contributed by atoms with Crippen molar-refractivity contribution in [1.29, 1.82) is 0 Å². The second kappa shape index (κ2) is 13.8. The predicted octanol–water partition coefficient (Wildman–Crippen LogP) is 3.51. The van der Waals surface area contributed by atoms with Gasteiger partial charge in [-0.15, -0.1) is 0 Å². The van der Waals surface area contributed by atoms with E-state index in [0.29, 0.717) is 31.1 Å². The van der Waals surface area contributed by atoms with Crippen LogP contribution in [0.25, 0.3) is 0 Å². The number of halogens is 4. The Hall–Kier alpha value is -2.36. The first-order chi connectivity index (χ1) is 16.7. The number of alkyl halides is 4. The van der Waals surface area contributed by atoms with Crippen LogP contribution in [-0.4, -0.2) is 54.4 Å². The van der Waals surface area contributed by atoms with Gasteiger partial charge in [0, 0.05) is 38.6 Å². The fraction of sp³-hybridized carbons (Fsp3) is 0.542. The van der Waals surface area contributed by atoms with Gasteiger partial charge in [0.1, 0.15) is 12.4 Å². The van der Waals surface area contributed by atoms with Crippen LogP contribution in [0.1, 0.15) is 50.3 Å². The zero-order valence-electron chi connectivity index (χ0n) is 21.0. The van der Waals surface area contributed by atoms with Crippen molar-refractivity contribution in [3.8, 4) is 0 Å². The average Bonchev–Trinajstić information content (AvgIpc) is 2.77. The van der Waals surface area contributed by atoms with E-state index < -0.39 is 28.6 Å². The number of aliphatic hydroxyl groups is 1. The van der Waals surface area contributed by atoms with Gasteiger partial charge in [-0.3, -0.25) is 19.5 Å².